The second kappa shape index (κ2) is 7.83. The molecule has 0 aliphatic heterocycles. The van der Waals surface area contributed by atoms with E-state index in [1.165, 1.54) is 0 Å². The van der Waals surface area contributed by atoms with Crippen molar-refractivity contribution >= 4 is 16.9 Å². The van der Waals surface area contributed by atoms with Crippen molar-refractivity contribution in [2.75, 3.05) is 7.11 Å². The first-order valence-corrected chi connectivity index (χ1v) is 10.2. The molecule has 7 nitrogen and oxygen atoms in total. The van der Waals surface area contributed by atoms with Crippen LogP contribution in [0, 0.1) is 0 Å². The molecular formula is C24H21N3O4. The minimum absolute atomic E-state index is 0.245. The molecular weight excluding hydrogens is 394 g/mol. The van der Waals surface area contributed by atoms with Crippen LogP contribution >= 0.6 is 0 Å². The van der Waals surface area contributed by atoms with Crippen LogP contribution in [0.25, 0.3) is 22.4 Å². The van der Waals surface area contributed by atoms with Crippen molar-refractivity contribution in [1.82, 2.24) is 15.2 Å². The average Bonchev–Trinajstić information content (AvgIpc) is 3.47. The van der Waals surface area contributed by atoms with Crippen molar-refractivity contribution in [3.05, 3.63) is 71.2 Å². The maximum atomic E-state index is 13.2. The number of ether oxygens (including phenoxy) is 2. The molecule has 0 saturated carbocycles. The van der Waals surface area contributed by atoms with E-state index in [-0.39, 0.29) is 5.89 Å². The Morgan fingerprint density at radius 1 is 1.06 bits per heavy atom. The van der Waals surface area contributed by atoms with E-state index in [1.54, 1.807) is 14.0 Å². The summed E-state index contributed by atoms with van der Waals surface area (Å²) in [6.07, 6.45) is 2.01. The summed E-state index contributed by atoms with van der Waals surface area (Å²) in [5.74, 6) is 0.946. The van der Waals surface area contributed by atoms with Crippen molar-refractivity contribution in [3.63, 3.8) is 0 Å². The third kappa shape index (κ3) is 3.52. The normalized spacial score (nSPS) is 13.7. The number of aryl methyl sites for hydroxylation is 1. The van der Waals surface area contributed by atoms with Crippen LogP contribution in [0.15, 0.2) is 52.9 Å². The maximum absolute atomic E-state index is 13.2. The molecule has 7 heteroatoms. The summed E-state index contributed by atoms with van der Waals surface area (Å²) in [6, 6.07) is 15.0. The van der Waals surface area contributed by atoms with Gasteiger partial charge in [-0.3, -0.25) is 4.98 Å². The van der Waals surface area contributed by atoms with E-state index in [0.29, 0.717) is 11.5 Å². The van der Waals surface area contributed by atoms with E-state index in [9.17, 15) is 4.79 Å². The number of carbonyl (C=O) groups excluding carboxylic acids is 1. The SMILES string of the molecule is COc1ccc(-c2nnc([C@H](C)OC(=O)c3c4c(nc5ccccc35)CCC4)o2)cc1. The highest BCUT2D eigenvalue weighted by molar-refractivity contribution is 6.05. The highest BCUT2D eigenvalue weighted by Gasteiger charge is 2.27. The number of carbonyl (C=O) groups is 1. The van der Waals surface area contributed by atoms with Crippen molar-refractivity contribution in [3.8, 4) is 17.2 Å². The Bertz CT molecular complexity index is 1260. The molecule has 31 heavy (non-hydrogen) atoms. The van der Waals surface area contributed by atoms with Crippen LogP contribution in [0.5, 0.6) is 5.75 Å². The summed E-state index contributed by atoms with van der Waals surface area (Å²) in [5, 5.41) is 8.98. The molecule has 0 saturated heterocycles. The zero-order valence-corrected chi connectivity index (χ0v) is 17.3. The van der Waals surface area contributed by atoms with Crippen molar-refractivity contribution in [1.29, 1.82) is 0 Å². The first-order chi connectivity index (χ1) is 15.1. The molecule has 1 aliphatic carbocycles. The second-order valence-corrected chi connectivity index (χ2v) is 7.50. The van der Waals surface area contributed by atoms with Gasteiger partial charge in [0.2, 0.25) is 5.89 Å². The summed E-state index contributed by atoms with van der Waals surface area (Å²) in [7, 11) is 1.61. The predicted octanol–water partition coefficient (Wildman–Crippen LogP) is 4.70. The van der Waals surface area contributed by atoms with Gasteiger partial charge in [-0.1, -0.05) is 18.2 Å². The lowest BCUT2D eigenvalue weighted by molar-refractivity contribution is 0.0281. The lowest BCUT2D eigenvalue weighted by Crippen LogP contribution is -2.13. The quantitative estimate of drug-likeness (QED) is 0.437. The van der Waals surface area contributed by atoms with Crippen LogP contribution in [0.3, 0.4) is 0 Å². The zero-order chi connectivity index (χ0) is 21.4. The molecule has 0 unspecified atom stereocenters. The van der Waals surface area contributed by atoms with Crippen LogP contribution < -0.4 is 4.74 Å². The Kier molecular flexibility index (Phi) is 4.86. The summed E-state index contributed by atoms with van der Waals surface area (Å²) >= 11 is 0. The maximum Gasteiger partial charge on any atom is 0.339 e. The topological polar surface area (TPSA) is 87.3 Å². The molecule has 0 bridgehead atoms. The second-order valence-electron chi connectivity index (χ2n) is 7.50. The van der Waals surface area contributed by atoms with Gasteiger partial charge < -0.3 is 13.9 Å². The number of benzene rings is 2. The van der Waals surface area contributed by atoms with Gasteiger partial charge in [0, 0.05) is 16.6 Å². The Hall–Kier alpha value is -3.74. The first kappa shape index (κ1) is 19.2. The molecule has 0 fully saturated rings. The number of pyridine rings is 1. The van der Waals surface area contributed by atoms with E-state index >= 15 is 0 Å². The van der Waals surface area contributed by atoms with Gasteiger partial charge in [-0.25, -0.2) is 4.79 Å². The van der Waals surface area contributed by atoms with Crippen molar-refractivity contribution in [2.24, 2.45) is 0 Å². The molecule has 0 N–H and O–H groups in total. The number of esters is 1. The van der Waals surface area contributed by atoms with Crippen LogP contribution in [-0.4, -0.2) is 28.3 Å². The number of nitrogens with zero attached hydrogens (tertiary/aromatic N) is 3. The molecule has 0 spiro atoms. The lowest BCUT2D eigenvalue weighted by atomic mass is 10.0. The minimum Gasteiger partial charge on any atom is -0.497 e. The van der Waals surface area contributed by atoms with Crippen LogP contribution in [0.1, 0.15) is 47.0 Å². The Balaban J connectivity index is 1.41. The molecule has 2 heterocycles. The molecule has 4 aromatic rings. The van der Waals surface area contributed by atoms with Gasteiger partial charge >= 0.3 is 5.97 Å². The predicted molar refractivity (Wildman–Crippen MR) is 114 cm³/mol. The number of hydrogen-bond donors (Lipinski definition) is 0. The molecule has 0 radical (unpaired) electrons. The van der Waals surface area contributed by atoms with Gasteiger partial charge in [-0.2, -0.15) is 0 Å². The minimum atomic E-state index is -0.684. The molecule has 1 aliphatic rings. The third-order valence-electron chi connectivity index (χ3n) is 5.53. The van der Waals surface area contributed by atoms with E-state index in [2.05, 4.69) is 10.2 Å². The fraction of sp³-hybridized carbons (Fsp3) is 0.250. The van der Waals surface area contributed by atoms with Crippen molar-refractivity contribution in [2.45, 2.75) is 32.3 Å². The molecule has 2 aromatic carbocycles. The molecule has 2 aromatic heterocycles. The summed E-state index contributed by atoms with van der Waals surface area (Å²) in [6.45, 7) is 1.73. The van der Waals surface area contributed by atoms with Crippen LogP contribution in [0.2, 0.25) is 0 Å². The third-order valence-corrected chi connectivity index (χ3v) is 5.53. The van der Waals surface area contributed by atoms with Gasteiger partial charge in [0.25, 0.3) is 5.89 Å². The van der Waals surface area contributed by atoms with Crippen molar-refractivity contribution < 1.29 is 18.7 Å². The van der Waals surface area contributed by atoms with E-state index in [0.717, 1.165) is 52.7 Å². The molecule has 156 valence electrons. The zero-order valence-electron chi connectivity index (χ0n) is 17.3. The van der Waals surface area contributed by atoms with Crippen LogP contribution in [0.4, 0.5) is 0 Å². The largest absolute Gasteiger partial charge is 0.497 e. The number of fused-ring (bicyclic) bond motifs is 2. The summed E-state index contributed by atoms with van der Waals surface area (Å²) in [5.41, 5.74) is 4.14. The molecule has 1 atom stereocenters. The number of hydrogen-bond acceptors (Lipinski definition) is 7. The van der Waals surface area contributed by atoms with Gasteiger partial charge in [0.05, 0.1) is 18.2 Å². The number of methoxy groups -OCH3 is 1. The van der Waals surface area contributed by atoms with Gasteiger partial charge in [-0.15, -0.1) is 10.2 Å². The van der Waals surface area contributed by atoms with Gasteiger partial charge in [0.15, 0.2) is 6.10 Å². The molecule has 0 amide bonds. The monoisotopic (exact) mass is 415 g/mol. The lowest BCUT2D eigenvalue weighted by Gasteiger charge is -2.14. The fourth-order valence-electron chi connectivity index (χ4n) is 3.96. The number of rotatable bonds is 5. The summed E-state index contributed by atoms with van der Waals surface area (Å²) < 4.78 is 16.7. The first-order valence-electron chi connectivity index (χ1n) is 10.2. The van der Waals surface area contributed by atoms with E-state index < -0.39 is 12.1 Å². The van der Waals surface area contributed by atoms with E-state index in [1.807, 2.05) is 48.5 Å². The molecule has 5 rings (SSSR count). The standard InChI is InChI=1S/C24H21N3O4/c1-14(22-26-27-23(31-22)15-10-12-16(29-2)13-11-15)30-24(28)21-17-6-3-4-8-19(17)25-20-9-5-7-18(20)21/h3-4,6,8,10-14H,5,7,9H2,1-2H3/t14-/m0/s1. The van der Waals surface area contributed by atoms with Gasteiger partial charge in [-0.05, 0) is 62.1 Å². The fourth-order valence-corrected chi connectivity index (χ4v) is 3.96. The average molecular weight is 415 g/mol. The van der Waals surface area contributed by atoms with Crippen LogP contribution in [-0.2, 0) is 17.6 Å². The highest BCUT2D eigenvalue weighted by atomic mass is 16.6. The Morgan fingerprint density at radius 2 is 1.87 bits per heavy atom. The highest BCUT2D eigenvalue weighted by Crippen LogP contribution is 2.32. The van der Waals surface area contributed by atoms with E-state index in [4.69, 9.17) is 18.9 Å². The van der Waals surface area contributed by atoms with Gasteiger partial charge in [0.1, 0.15) is 5.75 Å². The summed E-state index contributed by atoms with van der Waals surface area (Å²) in [4.78, 5) is 17.9. The smallest absolute Gasteiger partial charge is 0.339 e. The Labute approximate surface area is 179 Å². The Morgan fingerprint density at radius 3 is 2.68 bits per heavy atom. The number of aromatic nitrogens is 3. The number of para-hydroxylation sites is 1.